The maximum Gasteiger partial charge on any atom is 0.299 e. The average molecular weight is 345 g/mol. The number of alkyl halides is 1. The van der Waals surface area contributed by atoms with Gasteiger partial charge in [0.2, 0.25) is 0 Å². The number of nitrogens with zero attached hydrogens (tertiary/aromatic N) is 1. The van der Waals surface area contributed by atoms with E-state index in [0.717, 1.165) is 18.2 Å². The molecule has 1 aliphatic heterocycles. The van der Waals surface area contributed by atoms with Crippen molar-refractivity contribution in [2.24, 2.45) is 5.92 Å². The highest BCUT2D eigenvalue weighted by Gasteiger charge is 2.37. The first-order chi connectivity index (χ1) is 9.06. The van der Waals surface area contributed by atoms with E-state index in [1.807, 2.05) is 0 Å². The number of anilines is 1. The molecule has 102 valence electrons. The van der Waals surface area contributed by atoms with E-state index in [4.69, 9.17) is 11.6 Å². The molecule has 1 aliphatic rings. The molecule has 1 atom stereocenters. The lowest BCUT2D eigenvalue weighted by atomic mass is 10.1. The van der Waals surface area contributed by atoms with Gasteiger partial charge in [-0.3, -0.25) is 9.59 Å². The summed E-state index contributed by atoms with van der Waals surface area (Å²) in [5, 5.41) is 1.30. The molecule has 1 unspecified atom stereocenters. The summed E-state index contributed by atoms with van der Waals surface area (Å²) < 4.78 is 0. The summed E-state index contributed by atoms with van der Waals surface area (Å²) in [5.41, 5.74) is 0.996. The van der Waals surface area contributed by atoms with Crippen LogP contribution in [0.1, 0.15) is 30.1 Å². The van der Waals surface area contributed by atoms with E-state index in [1.165, 1.54) is 0 Å². The summed E-state index contributed by atoms with van der Waals surface area (Å²) in [7, 11) is 0. The van der Waals surface area contributed by atoms with Gasteiger partial charge in [0.05, 0.1) is 16.3 Å². The lowest BCUT2D eigenvalue weighted by Gasteiger charge is -2.18. The Morgan fingerprint density at radius 1 is 1.32 bits per heavy atom. The number of halogens is 2. The predicted octanol–water partition coefficient (Wildman–Crippen LogP) is 3.68. The quantitative estimate of drug-likeness (QED) is 0.603. The molecule has 19 heavy (non-hydrogen) atoms. The van der Waals surface area contributed by atoms with Crippen LogP contribution in [0.2, 0.25) is 5.02 Å². The molecule has 1 heterocycles. The molecular weight excluding hydrogens is 330 g/mol. The molecule has 0 aliphatic carbocycles. The van der Waals surface area contributed by atoms with E-state index in [9.17, 15) is 9.59 Å². The van der Waals surface area contributed by atoms with Gasteiger partial charge >= 0.3 is 0 Å². The fraction of sp³-hybridized carbons (Fsp3) is 0.429. The van der Waals surface area contributed by atoms with Gasteiger partial charge in [-0.25, -0.2) is 0 Å². The zero-order chi connectivity index (χ0) is 14.0. The third-order valence-electron chi connectivity index (χ3n) is 3.40. The second kappa shape index (κ2) is 6.06. The highest BCUT2D eigenvalue weighted by Crippen LogP contribution is 2.34. The van der Waals surface area contributed by atoms with Crippen LogP contribution in [-0.4, -0.2) is 23.6 Å². The molecule has 1 aromatic carbocycles. The summed E-state index contributed by atoms with van der Waals surface area (Å²) in [4.78, 5) is 25.5. The van der Waals surface area contributed by atoms with Crippen molar-refractivity contribution in [3.8, 4) is 0 Å². The number of carbonyl (C=O) groups excluding carboxylic acids is 2. The maximum atomic E-state index is 12.0. The van der Waals surface area contributed by atoms with Crippen molar-refractivity contribution in [1.29, 1.82) is 0 Å². The highest BCUT2D eigenvalue weighted by atomic mass is 79.9. The van der Waals surface area contributed by atoms with E-state index in [2.05, 4.69) is 22.9 Å². The summed E-state index contributed by atoms with van der Waals surface area (Å²) in [6, 6.07) is 5.18. The third-order valence-corrected chi connectivity index (χ3v) is 4.17. The van der Waals surface area contributed by atoms with E-state index in [1.54, 1.807) is 23.1 Å². The van der Waals surface area contributed by atoms with Crippen molar-refractivity contribution >= 4 is 44.9 Å². The zero-order valence-corrected chi connectivity index (χ0v) is 13.0. The van der Waals surface area contributed by atoms with E-state index in [0.29, 0.717) is 28.7 Å². The summed E-state index contributed by atoms with van der Waals surface area (Å²) in [5.74, 6) is -0.451. The van der Waals surface area contributed by atoms with Crippen LogP contribution in [-0.2, 0) is 4.79 Å². The van der Waals surface area contributed by atoms with E-state index < -0.39 is 11.7 Å². The van der Waals surface area contributed by atoms with Gasteiger partial charge in [-0.2, -0.15) is 0 Å². The van der Waals surface area contributed by atoms with Crippen molar-refractivity contribution in [3.05, 3.63) is 28.8 Å². The number of amides is 1. The Bertz CT molecular complexity index is 518. The van der Waals surface area contributed by atoms with Gasteiger partial charge in [-0.05, 0) is 30.9 Å². The molecule has 0 bridgehead atoms. The van der Waals surface area contributed by atoms with Crippen LogP contribution < -0.4 is 4.90 Å². The fourth-order valence-corrected chi connectivity index (χ4v) is 3.24. The van der Waals surface area contributed by atoms with Crippen molar-refractivity contribution in [2.75, 3.05) is 16.8 Å². The molecule has 0 radical (unpaired) electrons. The van der Waals surface area contributed by atoms with E-state index in [-0.39, 0.29) is 0 Å². The first kappa shape index (κ1) is 14.5. The molecule has 3 nitrogen and oxygen atoms in total. The first-order valence-electron chi connectivity index (χ1n) is 6.27. The smallest absolute Gasteiger partial charge is 0.299 e. The number of benzene rings is 1. The monoisotopic (exact) mass is 343 g/mol. The molecule has 1 aromatic rings. The van der Waals surface area contributed by atoms with Crippen LogP contribution in [0.3, 0.4) is 0 Å². The highest BCUT2D eigenvalue weighted by molar-refractivity contribution is 9.09. The number of fused-ring (bicyclic) bond motifs is 1. The molecule has 5 heteroatoms. The SMILES string of the molecule is CC(CCBr)CCN1C(=O)C(=O)c2c(Cl)cccc21. The van der Waals surface area contributed by atoms with Gasteiger partial charge in [0.1, 0.15) is 0 Å². The number of Topliss-reactive ketones (excluding diaryl/α,β-unsaturated/α-hetero) is 1. The summed E-state index contributed by atoms with van der Waals surface area (Å²) in [6.07, 6.45) is 1.93. The largest absolute Gasteiger partial charge is 0.305 e. The third kappa shape index (κ3) is 2.84. The van der Waals surface area contributed by atoms with Crippen molar-refractivity contribution < 1.29 is 9.59 Å². The number of rotatable bonds is 5. The number of carbonyl (C=O) groups is 2. The van der Waals surface area contributed by atoms with Crippen molar-refractivity contribution in [1.82, 2.24) is 0 Å². The van der Waals surface area contributed by atoms with Crippen LogP contribution in [0.15, 0.2) is 18.2 Å². The van der Waals surface area contributed by atoms with Gasteiger partial charge in [0, 0.05) is 11.9 Å². The van der Waals surface area contributed by atoms with Crippen molar-refractivity contribution in [2.45, 2.75) is 19.8 Å². The minimum absolute atomic E-state index is 0.349. The van der Waals surface area contributed by atoms with Crippen LogP contribution >= 0.6 is 27.5 Å². The Kier molecular flexibility index (Phi) is 4.63. The van der Waals surface area contributed by atoms with Crippen LogP contribution in [0, 0.1) is 5.92 Å². The Hall–Kier alpha value is -0.870. The molecule has 0 fully saturated rings. The Morgan fingerprint density at radius 2 is 2.05 bits per heavy atom. The second-order valence-corrected chi connectivity index (χ2v) is 5.99. The van der Waals surface area contributed by atoms with E-state index >= 15 is 0 Å². The minimum atomic E-state index is -0.492. The summed E-state index contributed by atoms with van der Waals surface area (Å²) >= 11 is 9.41. The average Bonchev–Trinajstić information content (AvgIpc) is 2.61. The second-order valence-electron chi connectivity index (χ2n) is 4.79. The Morgan fingerprint density at radius 3 is 2.74 bits per heavy atom. The molecule has 1 amide bonds. The number of ketones is 1. The predicted molar refractivity (Wildman–Crippen MR) is 80.3 cm³/mol. The molecule has 0 saturated carbocycles. The van der Waals surface area contributed by atoms with Gasteiger partial charge in [-0.1, -0.05) is 40.5 Å². The molecule has 0 N–H and O–H groups in total. The summed E-state index contributed by atoms with van der Waals surface area (Å²) in [6.45, 7) is 2.70. The first-order valence-corrected chi connectivity index (χ1v) is 7.77. The maximum absolute atomic E-state index is 12.0. The number of hydrogen-bond acceptors (Lipinski definition) is 2. The lowest BCUT2D eigenvalue weighted by Crippen LogP contribution is -2.31. The molecule has 2 rings (SSSR count). The van der Waals surface area contributed by atoms with Crippen LogP contribution in [0.25, 0.3) is 0 Å². The number of hydrogen-bond donors (Lipinski definition) is 0. The Labute approximate surface area is 126 Å². The van der Waals surface area contributed by atoms with Gasteiger partial charge < -0.3 is 4.90 Å². The van der Waals surface area contributed by atoms with Gasteiger partial charge in [0.25, 0.3) is 11.7 Å². The molecular formula is C14H15BrClNO2. The Balaban J connectivity index is 2.17. The molecule has 0 aromatic heterocycles. The normalized spacial score (nSPS) is 15.8. The van der Waals surface area contributed by atoms with Gasteiger partial charge in [0.15, 0.2) is 0 Å². The fourth-order valence-electron chi connectivity index (χ4n) is 2.20. The standard InChI is InChI=1S/C14H15BrClNO2/c1-9(5-7-15)6-8-17-11-4-2-3-10(16)12(11)13(18)14(17)19/h2-4,9H,5-8H2,1H3. The minimum Gasteiger partial charge on any atom is -0.305 e. The molecule has 0 spiro atoms. The zero-order valence-electron chi connectivity index (χ0n) is 10.7. The lowest BCUT2D eigenvalue weighted by molar-refractivity contribution is -0.114. The van der Waals surface area contributed by atoms with Crippen LogP contribution in [0.5, 0.6) is 0 Å². The topological polar surface area (TPSA) is 37.4 Å². The molecule has 0 saturated heterocycles. The van der Waals surface area contributed by atoms with Crippen LogP contribution in [0.4, 0.5) is 5.69 Å². The van der Waals surface area contributed by atoms with Gasteiger partial charge in [-0.15, -0.1) is 0 Å². The van der Waals surface area contributed by atoms with Crippen molar-refractivity contribution in [3.63, 3.8) is 0 Å².